The number of aromatic nitrogens is 1. The first-order valence-electron chi connectivity index (χ1n) is 5.94. The first kappa shape index (κ1) is 16.1. The average Bonchev–Trinajstić information content (AvgIpc) is 2.47. The lowest BCUT2D eigenvalue weighted by Crippen LogP contribution is -2.14. The van der Waals surface area contributed by atoms with Crippen LogP contribution < -0.4 is 4.74 Å². The van der Waals surface area contributed by atoms with Gasteiger partial charge in [0.05, 0.1) is 5.02 Å². The van der Waals surface area contributed by atoms with Crippen LogP contribution in [0, 0.1) is 0 Å². The van der Waals surface area contributed by atoms with Gasteiger partial charge in [0.15, 0.2) is 5.69 Å². The Bertz CT molecular complexity index is 635. The molecule has 0 atom stereocenters. The van der Waals surface area contributed by atoms with Gasteiger partial charge in [-0.15, -0.1) is 0 Å². The summed E-state index contributed by atoms with van der Waals surface area (Å²) in [5, 5.41) is 0.371. The molecule has 1 heterocycles. The number of ether oxygens (including phenoxy) is 2. The molecule has 0 N–H and O–H groups in total. The molecule has 4 nitrogen and oxygen atoms in total. The molecule has 2 aromatic rings. The van der Waals surface area contributed by atoms with Crippen LogP contribution in [0.1, 0.15) is 10.5 Å². The van der Waals surface area contributed by atoms with E-state index in [-0.39, 0.29) is 29.1 Å². The summed E-state index contributed by atoms with van der Waals surface area (Å²) >= 11 is 14.9. The summed E-state index contributed by atoms with van der Waals surface area (Å²) in [5.41, 5.74) is -0.00666. The molecule has 0 saturated heterocycles. The van der Waals surface area contributed by atoms with E-state index in [9.17, 15) is 4.79 Å². The van der Waals surface area contributed by atoms with Crippen molar-refractivity contribution in [3.05, 3.63) is 56.7 Å². The lowest BCUT2D eigenvalue weighted by atomic mass is 10.3. The predicted molar refractivity (Wildman–Crippen MR) is 84.2 cm³/mol. The van der Waals surface area contributed by atoms with Gasteiger partial charge in [-0.3, -0.25) is 0 Å². The second kappa shape index (κ2) is 7.64. The Morgan fingerprint density at radius 2 is 1.81 bits per heavy atom. The van der Waals surface area contributed by atoms with E-state index in [4.69, 9.17) is 32.7 Å². The zero-order valence-corrected chi connectivity index (χ0v) is 13.8. The van der Waals surface area contributed by atoms with Crippen LogP contribution in [-0.2, 0) is 4.74 Å². The average molecular weight is 391 g/mol. The molecule has 0 aliphatic heterocycles. The third kappa shape index (κ3) is 4.88. The van der Waals surface area contributed by atoms with Crippen LogP contribution in [0.3, 0.4) is 0 Å². The molecule has 0 fully saturated rings. The monoisotopic (exact) mass is 389 g/mol. The van der Waals surface area contributed by atoms with Crippen molar-refractivity contribution in [3.8, 4) is 5.75 Å². The van der Waals surface area contributed by atoms with Gasteiger partial charge in [-0.1, -0.05) is 39.1 Å². The van der Waals surface area contributed by atoms with Gasteiger partial charge in [0, 0.05) is 4.47 Å². The van der Waals surface area contributed by atoms with Crippen LogP contribution in [0.25, 0.3) is 0 Å². The second-order valence-electron chi connectivity index (χ2n) is 3.90. The summed E-state index contributed by atoms with van der Waals surface area (Å²) in [5.74, 6) is 0.0510. The van der Waals surface area contributed by atoms with Crippen molar-refractivity contribution in [2.24, 2.45) is 0 Å². The van der Waals surface area contributed by atoms with Gasteiger partial charge in [-0.2, -0.15) is 0 Å². The molecular formula is C14H10BrCl2NO3. The number of esters is 1. The standard InChI is InChI=1S/C14H10BrCl2NO3/c15-9-1-3-10(4-2-9)20-7-8-21-14(19)13-11(16)5-6-12(17)18-13/h1-6H,7-8H2. The molecule has 0 aliphatic rings. The molecule has 1 aromatic carbocycles. The SMILES string of the molecule is O=C(OCCOc1ccc(Br)cc1)c1nc(Cl)ccc1Cl. The third-order valence-electron chi connectivity index (χ3n) is 2.40. The summed E-state index contributed by atoms with van der Waals surface area (Å²) in [4.78, 5) is 15.6. The number of pyridine rings is 1. The van der Waals surface area contributed by atoms with Crippen molar-refractivity contribution >= 4 is 45.1 Å². The van der Waals surface area contributed by atoms with Gasteiger partial charge in [0.2, 0.25) is 0 Å². The molecule has 0 aliphatic carbocycles. The maximum Gasteiger partial charge on any atom is 0.358 e. The first-order valence-corrected chi connectivity index (χ1v) is 7.48. The molecule has 0 bridgehead atoms. The van der Waals surface area contributed by atoms with Gasteiger partial charge in [-0.25, -0.2) is 9.78 Å². The highest BCUT2D eigenvalue weighted by atomic mass is 79.9. The predicted octanol–water partition coefficient (Wildman–Crippen LogP) is 4.39. The summed E-state index contributed by atoms with van der Waals surface area (Å²) in [6, 6.07) is 10.3. The number of halogens is 3. The fourth-order valence-electron chi connectivity index (χ4n) is 1.45. The molecule has 21 heavy (non-hydrogen) atoms. The fourth-order valence-corrected chi connectivity index (χ4v) is 2.05. The Balaban J connectivity index is 1.81. The van der Waals surface area contributed by atoms with Crippen molar-refractivity contribution in [1.29, 1.82) is 0 Å². The quantitative estimate of drug-likeness (QED) is 0.431. The van der Waals surface area contributed by atoms with E-state index in [0.29, 0.717) is 5.75 Å². The highest BCUT2D eigenvalue weighted by Crippen LogP contribution is 2.18. The highest BCUT2D eigenvalue weighted by Gasteiger charge is 2.14. The zero-order valence-electron chi connectivity index (χ0n) is 10.7. The van der Waals surface area contributed by atoms with E-state index in [1.54, 1.807) is 12.1 Å². The molecule has 0 spiro atoms. The van der Waals surface area contributed by atoms with Gasteiger partial charge in [-0.05, 0) is 36.4 Å². The maximum absolute atomic E-state index is 11.8. The maximum atomic E-state index is 11.8. The van der Waals surface area contributed by atoms with Gasteiger partial charge >= 0.3 is 5.97 Å². The summed E-state index contributed by atoms with van der Waals surface area (Å²) in [6.07, 6.45) is 0. The summed E-state index contributed by atoms with van der Waals surface area (Å²) in [6.45, 7) is 0.310. The topological polar surface area (TPSA) is 48.4 Å². The van der Waals surface area contributed by atoms with Crippen LogP contribution in [0.4, 0.5) is 0 Å². The number of rotatable bonds is 5. The molecule has 2 rings (SSSR count). The Hall–Kier alpha value is -1.30. The Kier molecular flexibility index (Phi) is 5.85. The molecule has 0 amide bonds. The number of hydrogen-bond donors (Lipinski definition) is 0. The van der Waals surface area contributed by atoms with Crippen LogP contribution >= 0.6 is 39.1 Å². The largest absolute Gasteiger partial charge is 0.490 e. The lowest BCUT2D eigenvalue weighted by molar-refractivity contribution is 0.0444. The van der Waals surface area contributed by atoms with E-state index in [1.165, 1.54) is 12.1 Å². The second-order valence-corrected chi connectivity index (χ2v) is 5.61. The number of nitrogens with zero attached hydrogens (tertiary/aromatic N) is 1. The lowest BCUT2D eigenvalue weighted by Gasteiger charge is -2.08. The van der Waals surface area contributed by atoms with Crippen molar-refractivity contribution in [2.75, 3.05) is 13.2 Å². The Morgan fingerprint density at radius 1 is 1.10 bits per heavy atom. The van der Waals surface area contributed by atoms with E-state index in [1.807, 2.05) is 12.1 Å². The number of carbonyl (C=O) groups excluding carboxylic acids is 1. The van der Waals surface area contributed by atoms with E-state index < -0.39 is 5.97 Å². The normalized spacial score (nSPS) is 10.2. The van der Waals surface area contributed by atoms with Crippen molar-refractivity contribution < 1.29 is 14.3 Å². The van der Waals surface area contributed by atoms with Crippen LogP contribution in [0.5, 0.6) is 5.75 Å². The van der Waals surface area contributed by atoms with Crippen LogP contribution in [0.15, 0.2) is 40.9 Å². The molecule has 7 heteroatoms. The molecule has 0 unspecified atom stereocenters. The first-order chi connectivity index (χ1) is 10.1. The van der Waals surface area contributed by atoms with Crippen LogP contribution in [0.2, 0.25) is 10.2 Å². The van der Waals surface area contributed by atoms with E-state index in [2.05, 4.69) is 20.9 Å². The molecule has 1 aromatic heterocycles. The number of hydrogen-bond acceptors (Lipinski definition) is 4. The minimum Gasteiger partial charge on any atom is -0.490 e. The van der Waals surface area contributed by atoms with Crippen molar-refractivity contribution in [3.63, 3.8) is 0 Å². The highest BCUT2D eigenvalue weighted by molar-refractivity contribution is 9.10. The van der Waals surface area contributed by atoms with Crippen molar-refractivity contribution in [1.82, 2.24) is 4.98 Å². The van der Waals surface area contributed by atoms with Gasteiger partial charge < -0.3 is 9.47 Å². The fraction of sp³-hybridized carbons (Fsp3) is 0.143. The van der Waals surface area contributed by atoms with E-state index >= 15 is 0 Å². The van der Waals surface area contributed by atoms with Crippen molar-refractivity contribution in [2.45, 2.75) is 0 Å². The van der Waals surface area contributed by atoms with Gasteiger partial charge in [0.25, 0.3) is 0 Å². The van der Waals surface area contributed by atoms with Gasteiger partial charge in [0.1, 0.15) is 24.1 Å². The van der Waals surface area contributed by atoms with Crippen LogP contribution in [-0.4, -0.2) is 24.2 Å². The molecule has 110 valence electrons. The third-order valence-corrected chi connectivity index (χ3v) is 3.45. The Labute approximate surface area is 140 Å². The summed E-state index contributed by atoms with van der Waals surface area (Å²) in [7, 11) is 0. The minimum absolute atomic E-state index is 0.00666. The molecular weight excluding hydrogens is 381 g/mol. The van der Waals surface area contributed by atoms with E-state index in [0.717, 1.165) is 4.47 Å². The molecule has 0 saturated carbocycles. The Morgan fingerprint density at radius 3 is 2.52 bits per heavy atom. The minimum atomic E-state index is -0.637. The molecule has 0 radical (unpaired) electrons. The zero-order chi connectivity index (χ0) is 15.2. The number of carbonyl (C=O) groups is 1. The smallest absolute Gasteiger partial charge is 0.358 e. The summed E-state index contributed by atoms with van der Waals surface area (Å²) < 4.78 is 11.4. The number of benzene rings is 1.